The molecule has 2 fully saturated rings. The van der Waals surface area contributed by atoms with Gasteiger partial charge in [-0.05, 0) is 37.1 Å². The molecule has 21 heavy (non-hydrogen) atoms. The summed E-state index contributed by atoms with van der Waals surface area (Å²) in [6.45, 7) is 6.79. The van der Waals surface area contributed by atoms with Crippen LogP contribution in [0.15, 0.2) is 24.3 Å². The summed E-state index contributed by atoms with van der Waals surface area (Å²) in [6, 6.07) is 9.71. The standard InChI is InChI=1S/C17H27N3O/c1-19-12-15(11-18)10-17(19)16-4-2-14(3-5-16)13-20-6-8-21-9-7-20/h2-5,15,17H,6-13,18H2,1H3. The van der Waals surface area contributed by atoms with Crippen LogP contribution in [0.4, 0.5) is 0 Å². The molecule has 4 nitrogen and oxygen atoms in total. The average Bonchev–Trinajstić information content (AvgIpc) is 2.90. The molecule has 0 saturated carbocycles. The summed E-state index contributed by atoms with van der Waals surface area (Å²) < 4.78 is 5.40. The highest BCUT2D eigenvalue weighted by atomic mass is 16.5. The maximum Gasteiger partial charge on any atom is 0.0594 e. The van der Waals surface area contributed by atoms with Gasteiger partial charge in [0.25, 0.3) is 0 Å². The van der Waals surface area contributed by atoms with E-state index in [1.807, 2.05) is 0 Å². The van der Waals surface area contributed by atoms with E-state index >= 15 is 0 Å². The smallest absolute Gasteiger partial charge is 0.0594 e. The first-order valence-corrected chi connectivity index (χ1v) is 8.05. The van der Waals surface area contributed by atoms with Crippen LogP contribution in [-0.2, 0) is 11.3 Å². The lowest BCUT2D eigenvalue weighted by Crippen LogP contribution is -2.35. The molecule has 2 N–H and O–H groups in total. The van der Waals surface area contributed by atoms with Gasteiger partial charge in [-0.1, -0.05) is 24.3 Å². The van der Waals surface area contributed by atoms with Crippen molar-refractivity contribution in [2.45, 2.75) is 19.0 Å². The molecule has 2 heterocycles. The van der Waals surface area contributed by atoms with Gasteiger partial charge in [0.1, 0.15) is 0 Å². The summed E-state index contributed by atoms with van der Waals surface area (Å²) in [4.78, 5) is 4.90. The molecule has 2 aliphatic heterocycles. The van der Waals surface area contributed by atoms with Gasteiger partial charge in [-0.2, -0.15) is 0 Å². The van der Waals surface area contributed by atoms with Gasteiger partial charge in [0.05, 0.1) is 13.2 Å². The van der Waals surface area contributed by atoms with Gasteiger partial charge in [-0.3, -0.25) is 9.80 Å². The second kappa shape index (κ2) is 6.88. The van der Waals surface area contributed by atoms with E-state index in [0.717, 1.165) is 45.9 Å². The van der Waals surface area contributed by atoms with Gasteiger partial charge < -0.3 is 10.5 Å². The first-order valence-electron chi connectivity index (χ1n) is 8.05. The monoisotopic (exact) mass is 289 g/mol. The first-order chi connectivity index (χ1) is 10.3. The fraction of sp³-hybridized carbons (Fsp3) is 0.647. The number of hydrogen-bond donors (Lipinski definition) is 1. The van der Waals surface area contributed by atoms with Crippen molar-refractivity contribution in [3.05, 3.63) is 35.4 Å². The normalized spacial score (nSPS) is 28.1. The van der Waals surface area contributed by atoms with Gasteiger partial charge in [0, 0.05) is 32.2 Å². The Kier molecular flexibility index (Phi) is 4.91. The van der Waals surface area contributed by atoms with Gasteiger partial charge in [-0.15, -0.1) is 0 Å². The minimum Gasteiger partial charge on any atom is -0.379 e. The Morgan fingerprint density at radius 3 is 2.52 bits per heavy atom. The van der Waals surface area contributed by atoms with Crippen molar-refractivity contribution in [3.8, 4) is 0 Å². The molecule has 116 valence electrons. The number of nitrogens with two attached hydrogens (primary N) is 1. The molecule has 4 heteroatoms. The first kappa shape index (κ1) is 15.0. The topological polar surface area (TPSA) is 41.7 Å². The second-order valence-electron chi connectivity index (χ2n) is 6.42. The molecule has 2 aliphatic rings. The zero-order valence-corrected chi connectivity index (χ0v) is 13.0. The Bertz CT molecular complexity index is 442. The van der Waals surface area contributed by atoms with E-state index in [-0.39, 0.29) is 0 Å². The SMILES string of the molecule is CN1CC(CN)CC1c1ccc(CN2CCOCC2)cc1. The highest BCUT2D eigenvalue weighted by Crippen LogP contribution is 2.33. The number of morpholine rings is 1. The van der Waals surface area contributed by atoms with Gasteiger partial charge >= 0.3 is 0 Å². The van der Waals surface area contributed by atoms with Gasteiger partial charge in [0.2, 0.25) is 0 Å². The lowest BCUT2D eigenvalue weighted by atomic mass is 9.99. The van der Waals surface area contributed by atoms with Crippen LogP contribution in [0.5, 0.6) is 0 Å². The molecule has 0 aromatic heterocycles. The van der Waals surface area contributed by atoms with E-state index in [9.17, 15) is 0 Å². The van der Waals surface area contributed by atoms with E-state index in [1.165, 1.54) is 17.5 Å². The number of nitrogens with zero attached hydrogens (tertiary/aromatic N) is 2. The number of hydrogen-bond acceptors (Lipinski definition) is 4. The number of ether oxygens (including phenoxy) is 1. The quantitative estimate of drug-likeness (QED) is 0.911. The second-order valence-corrected chi connectivity index (χ2v) is 6.42. The van der Waals surface area contributed by atoms with Crippen molar-refractivity contribution in [1.82, 2.24) is 9.80 Å². The lowest BCUT2D eigenvalue weighted by molar-refractivity contribution is 0.0342. The van der Waals surface area contributed by atoms with Crippen molar-refractivity contribution in [1.29, 1.82) is 0 Å². The number of rotatable bonds is 4. The van der Waals surface area contributed by atoms with Crippen LogP contribution in [0.2, 0.25) is 0 Å². The van der Waals surface area contributed by atoms with Crippen molar-refractivity contribution >= 4 is 0 Å². The zero-order valence-electron chi connectivity index (χ0n) is 13.0. The molecule has 1 aromatic rings. The minimum absolute atomic E-state index is 0.538. The predicted octanol–water partition coefficient (Wildman–Crippen LogP) is 1.47. The molecule has 0 aliphatic carbocycles. The van der Waals surface area contributed by atoms with Crippen molar-refractivity contribution in [3.63, 3.8) is 0 Å². The molecule has 0 bridgehead atoms. The Morgan fingerprint density at radius 1 is 1.19 bits per heavy atom. The van der Waals surface area contributed by atoms with E-state index in [1.54, 1.807) is 0 Å². The van der Waals surface area contributed by atoms with Crippen LogP contribution >= 0.6 is 0 Å². The average molecular weight is 289 g/mol. The third kappa shape index (κ3) is 3.64. The van der Waals surface area contributed by atoms with E-state index in [2.05, 4.69) is 41.1 Å². The molecule has 3 rings (SSSR count). The number of benzene rings is 1. The summed E-state index contributed by atoms with van der Waals surface area (Å²) in [7, 11) is 2.21. The molecule has 2 atom stereocenters. The highest BCUT2D eigenvalue weighted by Gasteiger charge is 2.29. The third-order valence-electron chi connectivity index (χ3n) is 4.84. The maximum atomic E-state index is 5.82. The summed E-state index contributed by atoms with van der Waals surface area (Å²) in [6.07, 6.45) is 1.19. The third-order valence-corrected chi connectivity index (χ3v) is 4.84. The van der Waals surface area contributed by atoms with Crippen LogP contribution in [0.25, 0.3) is 0 Å². The Hall–Kier alpha value is -0.940. The molecule has 0 spiro atoms. The summed E-state index contributed by atoms with van der Waals surface area (Å²) >= 11 is 0. The molecule has 2 unspecified atom stereocenters. The molecule has 0 amide bonds. The predicted molar refractivity (Wildman–Crippen MR) is 85.1 cm³/mol. The van der Waals surface area contributed by atoms with Crippen molar-refractivity contribution < 1.29 is 4.74 Å². The van der Waals surface area contributed by atoms with Crippen LogP contribution in [0.3, 0.4) is 0 Å². The molecule has 1 aromatic carbocycles. The largest absolute Gasteiger partial charge is 0.379 e. The highest BCUT2D eigenvalue weighted by molar-refractivity contribution is 5.26. The molecule has 2 saturated heterocycles. The maximum absolute atomic E-state index is 5.82. The summed E-state index contributed by atoms with van der Waals surface area (Å²) in [5.74, 6) is 0.646. The van der Waals surface area contributed by atoms with E-state index in [4.69, 9.17) is 10.5 Å². The lowest BCUT2D eigenvalue weighted by Gasteiger charge is -2.27. The Morgan fingerprint density at radius 2 is 1.90 bits per heavy atom. The fourth-order valence-corrected chi connectivity index (χ4v) is 3.53. The molecular weight excluding hydrogens is 262 g/mol. The molecule has 0 radical (unpaired) electrons. The summed E-state index contributed by atoms with van der Waals surface area (Å²) in [5, 5.41) is 0. The summed E-state index contributed by atoms with van der Waals surface area (Å²) in [5.41, 5.74) is 8.65. The van der Waals surface area contributed by atoms with Crippen LogP contribution in [0.1, 0.15) is 23.6 Å². The number of likely N-dealkylation sites (tertiary alicyclic amines) is 1. The zero-order chi connectivity index (χ0) is 14.7. The van der Waals surface area contributed by atoms with Crippen LogP contribution in [-0.4, -0.2) is 56.2 Å². The van der Waals surface area contributed by atoms with E-state index < -0.39 is 0 Å². The van der Waals surface area contributed by atoms with Crippen molar-refractivity contribution in [2.75, 3.05) is 46.4 Å². The van der Waals surface area contributed by atoms with Crippen molar-refractivity contribution in [2.24, 2.45) is 11.7 Å². The van der Waals surface area contributed by atoms with Gasteiger partial charge in [-0.25, -0.2) is 0 Å². The van der Waals surface area contributed by atoms with Crippen LogP contribution in [0, 0.1) is 5.92 Å². The molecular formula is C17H27N3O. The fourth-order valence-electron chi connectivity index (χ4n) is 3.53. The Balaban J connectivity index is 1.61. The Labute approximate surface area is 127 Å². The van der Waals surface area contributed by atoms with E-state index in [0.29, 0.717) is 12.0 Å². The minimum atomic E-state index is 0.538. The van der Waals surface area contributed by atoms with Crippen LogP contribution < -0.4 is 5.73 Å². The van der Waals surface area contributed by atoms with Gasteiger partial charge in [0.15, 0.2) is 0 Å².